The van der Waals surface area contributed by atoms with Crippen LogP contribution in [0.4, 0.5) is 5.82 Å². The molecule has 0 radical (unpaired) electrons. The van der Waals surface area contributed by atoms with Crippen LogP contribution in [-0.2, 0) is 0 Å². The van der Waals surface area contributed by atoms with E-state index in [1.807, 2.05) is 23.6 Å². The minimum atomic E-state index is 0.252. The number of H-pyrrole nitrogens is 1. The van der Waals surface area contributed by atoms with Gasteiger partial charge in [-0.05, 0) is 38.8 Å². The number of aliphatic imine (C=N–C) groups is 1. The van der Waals surface area contributed by atoms with Crippen molar-refractivity contribution in [1.82, 2.24) is 29.5 Å². The molecule has 5 aromatic rings. The highest BCUT2D eigenvalue weighted by atomic mass is 16.5. The Morgan fingerprint density at radius 1 is 0.878 bits per heavy atom. The van der Waals surface area contributed by atoms with E-state index in [-0.39, 0.29) is 5.92 Å². The molecule has 1 aliphatic rings. The molecule has 11 heteroatoms. The zero-order chi connectivity index (χ0) is 29.0. The van der Waals surface area contributed by atoms with Crippen LogP contribution in [-0.4, -0.2) is 62.2 Å². The normalized spacial score (nSPS) is 13.8. The van der Waals surface area contributed by atoms with Gasteiger partial charge < -0.3 is 14.2 Å². The molecule has 210 valence electrons. The van der Waals surface area contributed by atoms with Crippen molar-refractivity contribution in [1.29, 1.82) is 0 Å². The molecule has 3 aromatic heterocycles. The number of ether oxygens (including phenoxy) is 3. The molecule has 11 nitrogen and oxygen atoms in total. The molecule has 0 bridgehead atoms. The molecule has 0 aliphatic carbocycles. The summed E-state index contributed by atoms with van der Waals surface area (Å²) in [5.74, 6) is 4.33. The lowest BCUT2D eigenvalue weighted by Gasteiger charge is -2.13. The minimum Gasteiger partial charge on any atom is -0.493 e. The SMILES string of the molecule is COc1cc(-c2nc3n(n2)N=C(C)C3=Nc2c(C)c(C(C)C)c3nc(-c4ccc(C)cc4)[nH]n23)cc(OC)c1OC. The number of nitrogens with one attached hydrogen (secondary N) is 1. The lowest BCUT2D eigenvalue weighted by molar-refractivity contribution is 0.324. The smallest absolute Gasteiger partial charge is 0.204 e. The minimum absolute atomic E-state index is 0.252. The van der Waals surface area contributed by atoms with Crippen molar-refractivity contribution in [2.24, 2.45) is 10.1 Å². The summed E-state index contributed by atoms with van der Waals surface area (Å²) in [6.07, 6.45) is 0. The molecule has 6 rings (SSSR count). The predicted octanol–water partition coefficient (Wildman–Crippen LogP) is 5.71. The lowest BCUT2D eigenvalue weighted by Crippen LogP contribution is -2.09. The largest absolute Gasteiger partial charge is 0.493 e. The molecule has 0 amide bonds. The van der Waals surface area contributed by atoms with E-state index in [0.717, 1.165) is 39.7 Å². The van der Waals surface area contributed by atoms with E-state index in [4.69, 9.17) is 29.2 Å². The molecule has 0 unspecified atom stereocenters. The second kappa shape index (κ2) is 9.92. The van der Waals surface area contributed by atoms with Crippen LogP contribution in [0.25, 0.3) is 28.4 Å². The third-order valence-corrected chi connectivity index (χ3v) is 7.27. The van der Waals surface area contributed by atoms with E-state index in [1.54, 1.807) is 21.3 Å². The van der Waals surface area contributed by atoms with Gasteiger partial charge in [-0.15, -0.1) is 9.89 Å². The first kappa shape index (κ1) is 26.3. The fourth-order valence-corrected chi connectivity index (χ4v) is 5.24. The Hall–Kier alpha value is -4.93. The van der Waals surface area contributed by atoms with Crippen LogP contribution in [0.2, 0.25) is 0 Å². The monoisotopic (exact) mass is 552 g/mol. The quantitative estimate of drug-likeness (QED) is 0.276. The van der Waals surface area contributed by atoms with Crippen molar-refractivity contribution < 1.29 is 14.2 Å². The number of aromatic amines is 1. The Morgan fingerprint density at radius 2 is 1.56 bits per heavy atom. The summed E-state index contributed by atoms with van der Waals surface area (Å²) in [5, 5.41) is 12.7. The van der Waals surface area contributed by atoms with Gasteiger partial charge in [0.1, 0.15) is 5.71 Å². The summed E-state index contributed by atoms with van der Waals surface area (Å²) < 4.78 is 18.5. The highest BCUT2D eigenvalue weighted by Gasteiger charge is 2.28. The first-order valence-corrected chi connectivity index (χ1v) is 13.3. The van der Waals surface area contributed by atoms with E-state index < -0.39 is 0 Å². The summed E-state index contributed by atoms with van der Waals surface area (Å²) in [5.41, 5.74) is 7.33. The van der Waals surface area contributed by atoms with Crippen molar-refractivity contribution in [3.05, 3.63) is 58.9 Å². The summed E-state index contributed by atoms with van der Waals surface area (Å²) in [7, 11) is 4.72. The van der Waals surface area contributed by atoms with Crippen LogP contribution >= 0.6 is 0 Å². The van der Waals surface area contributed by atoms with Crippen molar-refractivity contribution in [2.75, 3.05) is 21.3 Å². The van der Waals surface area contributed by atoms with E-state index in [2.05, 4.69) is 67.3 Å². The summed E-state index contributed by atoms with van der Waals surface area (Å²) in [6.45, 7) is 10.4. The summed E-state index contributed by atoms with van der Waals surface area (Å²) >= 11 is 0. The van der Waals surface area contributed by atoms with Crippen LogP contribution in [0.1, 0.15) is 49.2 Å². The number of aryl methyl sites for hydroxylation is 1. The Labute approximate surface area is 237 Å². The van der Waals surface area contributed by atoms with Gasteiger partial charge in [0, 0.05) is 22.3 Å². The van der Waals surface area contributed by atoms with Crippen molar-refractivity contribution in [3.63, 3.8) is 0 Å². The van der Waals surface area contributed by atoms with Crippen molar-refractivity contribution >= 4 is 22.9 Å². The van der Waals surface area contributed by atoms with E-state index in [9.17, 15) is 0 Å². The van der Waals surface area contributed by atoms with Crippen molar-refractivity contribution in [2.45, 2.75) is 40.5 Å². The second-order valence-corrected chi connectivity index (χ2v) is 10.3. The third-order valence-electron chi connectivity index (χ3n) is 7.27. The van der Waals surface area contributed by atoms with Gasteiger partial charge in [0.05, 0.1) is 27.0 Å². The average molecular weight is 553 g/mol. The van der Waals surface area contributed by atoms with Gasteiger partial charge in [-0.2, -0.15) is 5.10 Å². The first-order chi connectivity index (χ1) is 19.7. The zero-order valence-electron chi connectivity index (χ0n) is 24.4. The molecular formula is C30H32N8O3. The van der Waals surface area contributed by atoms with Crippen LogP contribution in [0, 0.1) is 13.8 Å². The molecule has 0 saturated carbocycles. The number of hydrogen-bond acceptors (Lipinski definition) is 8. The van der Waals surface area contributed by atoms with Crippen LogP contribution in [0.5, 0.6) is 17.2 Å². The Kier molecular flexibility index (Phi) is 6.36. The Balaban J connectivity index is 1.48. The molecule has 4 heterocycles. The number of benzene rings is 2. The highest BCUT2D eigenvalue weighted by Crippen LogP contribution is 2.41. The fraction of sp³-hybridized carbons (Fsp3) is 0.300. The van der Waals surface area contributed by atoms with Gasteiger partial charge in [0.15, 0.2) is 34.6 Å². The molecule has 2 aromatic carbocycles. The Bertz CT molecular complexity index is 1830. The first-order valence-electron chi connectivity index (χ1n) is 13.3. The van der Waals surface area contributed by atoms with Crippen molar-refractivity contribution in [3.8, 4) is 40.0 Å². The predicted molar refractivity (Wildman–Crippen MR) is 158 cm³/mol. The maximum absolute atomic E-state index is 5.52. The summed E-state index contributed by atoms with van der Waals surface area (Å²) in [4.78, 5) is 16.4. The molecule has 0 saturated heterocycles. The standard InChI is InChI=1S/C30H32N8O3/c1-15(2)23-17(4)28(37-29(23)32-26(35-37)19-11-9-16(3)10-12-19)31-24-18(5)34-38-30(24)33-27(36-38)20-13-21(39-6)25(41-8)22(14-20)40-7/h9-15H,1-8H3,(H,32,35). The third kappa shape index (κ3) is 4.24. The zero-order valence-corrected chi connectivity index (χ0v) is 24.4. The molecule has 1 aliphatic heterocycles. The number of aromatic nitrogens is 6. The van der Waals surface area contributed by atoms with Crippen LogP contribution in [0.15, 0.2) is 46.5 Å². The van der Waals surface area contributed by atoms with Crippen LogP contribution < -0.4 is 14.2 Å². The average Bonchev–Trinajstić information content (AvgIpc) is 3.69. The molecule has 0 spiro atoms. The number of hydrogen-bond donors (Lipinski definition) is 1. The number of fused-ring (bicyclic) bond motifs is 2. The maximum Gasteiger partial charge on any atom is 0.204 e. The van der Waals surface area contributed by atoms with Gasteiger partial charge in [0.2, 0.25) is 11.6 Å². The highest BCUT2D eigenvalue weighted by molar-refractivity contribution is 6.48. The summed E-state index contributed by atoms with van der Waals surface area (Å²) in [6, 6.07) is 11.9. The van der Waals surface area contributed by atoms with Gasteiger partial charge in [-0.25, -0.2) is 19.5 Å². The number of nitrogens with zero attached hydrogens (tertiary/aromatic N) is 7. The fourth-order valence-electron chi connectivity index (χ4n) is 5.24. The molecule has 0 fully saturated rings. The molecule has 0 atom stereocenters. The maximum atomic E-state index is 5.52. The number of rotatable bonds is 7. The van der Waals surface area contributed by atoms with Gasteiger partial charge >= 0.3 is 0 Å². The van der Waals surface area contributed by atoms with Gasteiger partial charge in [0.25, 0.3) is 0 Å². The van der Waals surface area contributed by atoms with Gasteiger partial charge in [-0.3, -0.25) is 5.10 Å². The molecule has 1 N–H and O–H groups in total. The molecular weight excluding hydrogens is 520 g/mol. The van der Waals surface area contributed by atoms with Gasteiger partial charge in [-0.1, -0.05) is 43.7 Å². The lowest BCUT2D eigenvalue weighted by atomic mass is 10.0. The topological polar surface area (TPSA) is 116 Å². The second-order valence-electron chi connectivity index (χ2n) is 10.3. The molecule has 41 heavy (non-hydrogen) atoms. The van der Waals surface area contributed by atoms with Crippen LogP contribution in [0.3, 0.4) is 0 Å². The van der Waals surface area contributed by atoms with E-state index in [0.29, 0.717) is 40.2 Å². The number of methoxy groups -OCH3 is 3. The van der Waals surface area contributed by atoms with E-state index in [1.165, 1.54) is 10.4 Å². The van der Waals surface area contributed by atoms with E-state index >= 15 is 0 Å². The Morgan fingerprint density at radius 3 is 2.17 bits per heavy atom.